The molecule has 0 aromatic carbocycles. The second-order valence-corrected chi connectivity index (χ2v) is 15.9. The van der Waals surface area contributed by atoms with Gasteiger partial charge >= 0.3 is 34.2 Å². The minimum atomic E-state index is -7.18. The van der Waals surface area contributed by atoms with Crippen molar-refractivity contribution >= 4 is 41.0 Å². The highest BCUT2D eigenvalue weighted by molar-refractivity contribution is 9.40. The monoisotopic (exact) mass is 375 g/mol. The van der Waals surface area contributed by atoms with Gasteiger partial charge in [-0.15, -0.1) is 0 Å². The Kier molecular flexibility index (Phi) is 4.84. The molecule has 0 saturated carbocycles. The Morgan fingerprint density at radius 1 is 0.789 bits per heavy atom. The Morgan fingerprint density at radius 3 is 1.21 bits per heavy atom. The molecule has 1 N–H and O–H groups in total. The average Bonchev–Trinajstić information content (AvgIpc) is 2.06. The Labute approximate surface area is 103 Å². The number of carbonyl (C=O) groups excluding carboxylic acids is 1. The molecule has 116 valence electrons. The van der Waals surface area contributed by atoms with Gasteiger partial charge in [0.1, 0.15) is 0 Å². The zero-order valence-corrected chi connectivity index (χ0v) is 11.2. The van der Waals surface area contributed by atoms with E-state index in [9.17, 15) is 50.5 Å². The third-order valence-corrected chi connectivity index (χ3v) is 17.5. The molecule has 0 aromatic rings. The highest BCUT2D eigenvalue weighted by atomic mass is 33.9. The lowest BCUT2D eigenvalue weighted by Gasteiger charge is -2.25. The average molecular weight is 375 g/mol. The maximum atomic E-state index is 12.6. The van der Waals surface area contributed by atoms with Gasteiger partial charge < -0.3 is 0 Å². The van der Waals surface area contributed by atoms with Crippen LogP contribution in [0.25, 0.3) is 0 Å². The van der Waals surface area contributed by atoms with E-state index < -0.39 is 47.4 Å². The van der Waals surface area contributed by atoms with Crippen molar-refractivity contribution in [2.75, 3.05) is 0 Å². The maximum Gasteiger partial charge on any atom is 0.387 e. The molecule has 0 aromatic heterocycles. The number of alkyl halides is 2. The van der Waals surface area contributed by atoms with Crippen LogP contribution in [0.1, 0.15) is 0 Å². The first kappa shape index (κ1) is 18.3. The molecule has 8 nitrogen and oxygen atoms in total. The summed E-state index contributed by atoms with van der Waals surface area (Å²) in [5.74, 6) is -3.02. The Balaban J connectivity index is 6.57. The van der Waals surface area contributed by atoms with E-state index in [0.29, 0.717) is 0 Å². The molecule has 0 saturated heterocycles. The predicted molar refractivity (Wildman–Crippen MR) is 51.8 cm³/mol. The smallest absolute Gasteiger partial charge is 0.271 e. The van der Waals surface area contributed by atoms with Crippen LogP contribution in [0, 0.1) is 0 Å². The maximum absolute atomic E-state index is 12.6. The lowest BCUT2D eigenvalue weighted by Crippen LogP contribution is -2.40. The summed E-state index contributed by atoms with van der Waals surface area (Å²) in [6.45, 7) is 0. The molecule has 0 rings (SSSR count). The second kappa shape index (κ2) is 5.02. The van der Waals surface area contributed by atoms with E-state index in [-0.39, 0.29) is 4.72 Å². The first-order valence-electron chi connectivity index (χ1n) is 3.35. The number of hydrogen-bond donors (Lipinski definition) is 1. The lowest BCUT2D eigenvalue weighted by atomic mass is 10.7. The summed E-state index contributed by atoms with van der Waals surface area (Å²) < 4.78 is 124. The molecule has 19 heavy (non-hydrogen) atoms. The Bertz CT molecular complexity index is 598. The first-order chi connectivity index (χ1) is 8.08. The van der Waals surface area contributed by atoms with Crippen LogP contribution in [-0.2, 0) is 32.6 Å². The molecule has 17 heteroatoms. The van der Waals surface area contributed by atoms with Crippen LogP contribution in [0.2, 0.25) is 0 Å². The summed E-state index contributed by atoms with van der Waals surface area (Å²) in [6.07, 6.45) is -4.27. The Morgan fingerprint density at radius 2 is 1.05 bits per heavy atom. The summed E-state index contributed by atoms with van der Waals surface area (Å²) in [4.78, 5) is 10.4. The molecule has 0 atom stereocenters. The molecule has 0 aliphatic heterocycles. The molecule has 0 radical (unpaired) electrons. The fraction of sp³-hybridized carbons (Fsp3) is 0.500. The summed E-state index contributed by atoms with van der Waals surface area (Å²) in [7, 11) is -28.5. The summed E-state index contributed by atoms with van der Waals surface area (Å²) in [5.41, 5.74) is 0. The van der Waals surface area contributed by atoms with Gasteiger partial charge in [0.2, 0.25) is 7.31 Å². The second-order valence-electron chi connectivity index (χ2n) is 2.40. The topological polar surface area (TPSA) is 132 Å². The number of hydrogen-bond acceptors (Lipinski definition) is 7. The van der Waals surface area contributed by atoms with Crippen LogP contribution in [0.3, 0.4) is 0 Å². The van der Waals surface area contributed by atoms with Gasteiger partial charge in [0.25, 0.3) is 5.91 Å². The van der Waals surface area contributed by atoms with Crippen molar-refractivity contribution in [1.82, 2.24) is 4.72 Å². The van der Waals surface area contributed by atoms with Crippen LogP contribution in [-0.4, -0.2) is 37.6 Å². The molecule has 0 aliphatic rings. The van der Waals surface area contributed by atoms with Crippen molar-refractivity contribution in [1.29, 1.82) is 0 Å². The van der Waals surface area contributed by atoms with Gasteiger partial charge in [0, 0.05) is 0 Å². The van der Waals surface area contributed by atoms with Crippen molar-refractivity contribution in [2.45, 2.75) is 6.43 Å². The SMILES string of the molecule is O=C(NS(S(=O)(=O)F)(S(=O)(=O)F)S(=O)(=O)F)C(F)F. The largest absolute Gasteiger partial charge is 0.387 e. The summed E-state index contributed by atoms with van der Waals surface area (Å²) in [5, 5.41) is 0. The van der Waals surface area contributed by atoms with Gasteiger partial charge in [-0.25, -0.2) is 0 Å². The first-order valence-corrected chi connectivity index (χ1v) is 10.7. The molecule has 0 aliphatic carbocycles. The highest BCUT2D eigenvalue weighted by Gasteiger charge is 2.64. The number of halogens is 5. The third-order valence-electron chi connectivity index (χ3n) is 1.21. The van der Waals surface area contributed by atoms with Crippen molar-refractivity contribution in [3.8, 4) is 0 Å². The lowest BCUT2D eigenvalue weighted by molar-refractivity contribution is -0.129. The molecular weight excluding hydrogens is 373 g/mol. The molecular formula is C2H2F5NO7S4. The van der Waals surface area contributed by atoms with Crippen LogP contribution in [0.5, 0.6) is 0 Å². The predicted octanol–water partition coefficient (Wildman–Crippen LogP) is -0.270. The van der Waals surface area contributed by atoms with Crippen molar-refractivity contribution in [3.05, 3.63) is 0 Å². The molecule has 0 heterocycles. The van der Waals surface area contributed by atoms with Crippen LogP contribution < -0.4 is 4.72 Å². The van der Waals surface area contributed by atoms with Crippen LogP contribution in [0.15, 0.2) is 0 Å². The fourth-order valence-electron chi connectivity index (χ4n) is 0.608. The van der Waals surface area contributed by atoms with Gasteiger partial charge in [-0.05, 0) is 0 Å². The van der Waals surface area contributed by atoms with E-state index in [1.54, 1.807) is 0 Å². The van der Waals surface area contributed by atoms with Gasteiger partial charge in [0.05, 0.1) is 0 Å². The van der Waals surface area contributed by atoms with Crippen molar-refractivity contribution in [2.24, 2.45) is 0 Å². The van der Waals surface area contributed by atoms with Gasteiger partial charge in [0.15, 0.2) is 0 Å². The molecule has 1 amide bonds. The fourth-order valence-corrected chi connectivity index (χ4v) is 10.4. The normalized spacial score (nSPS) is 15.3. The van der Waals surface area contributed by atoms with Gasteiger partial charge in [-0.2, -0.15) is 34.0 Å². The van der Waals surface area contributed by atoms with Crippen molar-refractivity contribution in [3.63, 3.8) is 0 Å². The number of amides is 1. The quantitative estimate of drug-likeness (QED) is 0.397. The standard InChI is InChI=1S/C2H2F5NO7S4/c3-1(4)2(9)8-19(16(5,10)11,17(6,12)13)18(7,14)15/h1H,(H,8,9). The zero-order chi connectivity index (χ0) is 15.9. The molecule has 0 fully saturated rings. The molecule has 0 bridgehead atoms. The molecule has 0 unspecified atom stereocenters. The molecule has 0 spiro atoms. The third kappa shape index (κ3) is 3.26. The van der Waals surface area contributed by atoms with E-state index in [1.165, 1.54) is 0 Å². The van der Waals surface area contributed by atoms with E-state index in [1.807, 2.05) is 0 Å². The zero-order valence-electron chi connectivity index (χ0n) is 7.96. The van der Waals surface area contributed by atoms with Gasteiger partial charge in [-0.3, -0.25) is 9.52 Å². The highest BCUT2D eigenvalue weighted by Crippen LogP contribution is 2.63. The number of rotatable bonds is 5. The van der Waals surface area contributed by atoms with Gasteiger partial charge in [-0.1, -0.05) is 11.7 Å². The Hall–Kier alpha value is -0.680. The minimum absolute atomic E-state index is 0.145. The van der Waals surface area contributed by atoms with Crippen molar-refractivity contribution < 1.29 is 50.5 Å². The van der Waals surface area contributed by atoms with Crippen LogP contribution >= 0.6 is 7.31 Å². The van der Waals surface area contributed by atoms with Crippen LogP contribution in [0.4, 0.5) is 20.4 Å². The number of carbonyl (C=O) groups is 1. The van der Waals surface area contributed by atoms with E-state index in [4.69, 9.17) is 0 Å². The number of nitrogens with one attached hydrogen (secondary N) is 1. The minimum Gasteiger partial charge on any atom is -0.271 e. The van der Waals surface area contributed by atoms with E-state index in [0.717, 1.165) is 0 Å². The summed E-state index contributed by atoms with van der Waals surface area (Å²) >= 11 is 0. The summed E-state index contributed by atoms with van der Waals surface area (Å²) in [6, 6.07) is 0. The van der Waals surface area contributed by atoms with E-state index in [2.05, 4.69) is 0 Å². The van der Waals surface area contributed by atoms with E-state index >= 15 is 0 Å².